The Kier molecular flexibility index (Phi) is 5.02. The Balaban J connectivity index is 2.22. The van der Waals surface area contributed by atoms with Crippen LogP contribution >= 0.6 is 0 Å². The normalized spacial score (nSPS) is 16.1. The summed E-state index contributed by atoms with van der Waals surface area (Å²) in [5, 5.41) is 11.1. The number of anilines is 2. The molecule has 0 aromatic heterocycles. The third kappa shape index (κ3) is 4.00. The number of rotatable bonds is 6. The van der Waals surface area contributed by atoms with Crippen LogP contribution in [0.3, 0.4) is 0 Å². The van der Waals surface area contributed by atoms with Crippen LogP contribution in [0.25, 0.3) is 0 Å². The molecule has 1 aromatic rings. The Labute approximate surface area is 137 Å². The van der Waals surface area contributed by atoms with E-state index in [1.807, 2.05) is 0 Å². The summed E-state index contributed by atoms with van der Waals surface area (Å²) in [6, 6.07) is 4.59. The molecule has 1 aromatic carbocycles. The number of primary amides is 1. The minimum atomic E-state index is -1.07. The summed E-state index contributed by atoms with van der Waals surface area (Å²) in [4.78, 5) is 46.7. The first-order valence-electron chi connectivity index (χ1n) is 7.20. The van der Waals surface area contributed by atoms with Gasteiger partial charge in [0.25, 0.3) is 5.91 Å². The molecule has 24 heavy (non-hydrogen) atoms. The Morgan fingerprint density at radius 1 is 1.33 bits per heavy atom. The van der Waals surface area contributed by atoms with Crippen molar-refractivity contribution >= 4 is 35.1 Å². The van der Waals surface area contributed by atoms with Crippen molar-refractivity contribution in [1.82, 2.24) is 0 Å². The zero-order valence-electron chi connectivity index (χ0n) is 12.9. The van der Waals surface area contributed by atoms with E-state index in [1.165, 1.54) is 11.0 Å². The number of carbonyl (C=O) groups excluding carboxylic acids is 3. The van der Waals surface area contributed by atoms with Gasteiger partial charge in [-0.15, -0.1) is 0 Å². The van der Waals surface area contributed by atoms with Crippen molar-refractivity contribution in [3.05, 3.63) is 18.2 Å². The number of carbonyl (C=O) groups is 4. The Bertz CT molecular complexity index is 702. The molecule has 0 saturated carbocycles. The number of nitrogens with two attached hydrogens (primary N) is 1. The SMILES string of the molecule is CC1Oc2ccc(NC(=O)CCC(=O)O)cc2N(CC(N)=O)C1=O. The number of hydrogen-bond donors (Lipinski definition) is 3. The average Bonchev–Trinajstić information content (AvgIpc) is 2.50. The van der Waals surface area contributed by atoms with Crippen LogP contribution in [0.4, 0.5) is 11.4 Å². The highest BCUT2D eigenvalue weighted by Crippen LogP contribution is 2.36. The van der Waals surface area contributed by atoms with E-state index in [2.05, 4.69) is 5.32 Å². The van der Waals surface area contributed by atoms with E-state index in [0.717, 1.165) is 0 Å². The number of ether oxygens (including phenoxy) is 1. The zero-order chi connectivity index (χ0) is 17.9. The van der Waals surface area contributed by atoms with Crippen molar-refractivity contribution in [2.24, 2.45) is 5.73 Å². The van der Waals surface area contributed by atoms with E-state index in [0.29, 0.717) is 17.1 Å². The van der Waals surface area contributed by atoms with Gasteiger partial charge >= 0.3 is 5.97 Å². The van der Waals surface area contributed by atoms with Gasteiger partial charge in [0, 0.05) is 12.1 Å². The molecule has 0 spiro atoms. The van der Waals surface area contributed by atoms with Crippen LogP contribution in [0.2, 0.25) is 0 Å². The van der Waals surface area contributed by atoms with E-state index in [4.69, 9.17) is 15.6 Å². The van der Waals surface area contributed by atoms with Crippen LogP contribution in [0.1, 0.15) is 19.8 Å². The van der Waals surface area contributed by atoms with Gasteiger partial charge in [0.05, 0.1) is 12.1 Å². The summed E-state index contributed by atoms with van der Waals surface area (Å²) in [5.74, 6) is -2.27. The van der Waals surface area contributed by atoms with Crippen molar-refractivity contribution in [1.29, 1.82) is 0 Å². The fourth-order valence-corrected chi connectivity index (χ4v) is 2.25. The summed E-state index contributed by atoms with van der Waals surface area (Å²) in [5.41, 5.74) is 5.84. The van der Waals surface area contributed by atoms with Crippen LogP contribution in [-0.2, 0) is 19.2 Å². The van der Waals surface area contributed by atoms with Gasteiger partial charge in [0.15, 0.2) is 6.10 Å². The van der Waals surface area contributed by atoms with Crippen molar-refractivity contribution in [2.75, 3.05) is 16.8 Å². The van der Waals surface area contributed by atoms with Gasteiger partial charge in [-0.05, 0) is 25.1 Å². The summed E-state index contributed by atoms with van der Waals surface area (Å²) in [6.07, 6.45) is -1.22. The third-order valence-corrected chi connectivity index (χ3v) is 3.33. The molecule has 1 aliphatic rings. The average molecular weight is 335 g/mol. The minimum Gasteiger partial charge on any atom is -0.481 e. The fourth-order valence-electron chi connectivity index (χ4n) is 2.25. The van der Waals surface area contributed by atoms with E-state index in [9.17, 15) is 19.2 Å². The number of hydrogen-bond acceptors (Lipinski definition) is 5. The maximum atomic E-state index is 12.2. The first kappa shape index (κ1) is 17.3. The highest BCUT2D eigenvalue weighted by molar-refractivity contribution is 6.04. The fraction of sp³-hybridized carbons (Fsp3) is 0.333. The lowest BCUT2D eigenvalue weighted by atomic mass is 10.1. The molecule has 4 N–H and O–H groups in total. The molecule has 3 amide bonds. The number of amides is 3. The molecule has 1 atom stereocenters. The molecular formula is C15H17N3O6. The van der Waals surface area contributed by atoms with Crippen LogP contribution in [0.15, 0.2) is 18.2 Å². The molecule has 0 radical (unpaired) electrons. The summed E-state index contributed by atoms with van der Waals surface area (Å²) in [7, 11) is 0. The third-order valence-electron chi connectivity index (χ3n) is 3.33. The quantitative estimate of drug-likeness (QED) is 0.673. The molecule has 2 rings (SSSR count). The van der Waals surface area contributed by atoms with Gasteiger partial charge in [-0.25, -0.2) is 0 Å². The van der Waals surface area contributed by atoms with Crippen molar-refractivity contribution in [2.45, 2.75) is 25.9 Å². The zero-order valence-corrected chi connectivity index (χ0v) is 12.9. The standard InChI is InChI=1S/C15H17N3O6/c1-8-15(23)18(7-12(16)19)10-6-9(2-3-11(10)24-8)17-13(20)4-5-14(21)22/h2-3,6,8H,4-5,7H2,1H3,(H2,16,19)(H,17,20)(H,21,22). The molecule has 1 unspecified atom stereocenters. The maximum absolute atomic E-state index is 12.2. The molecular weight excluding hydrogens is 318 g/mol. The molecule has 0 bridgehead atoms. The smallest absolute Gasteiger partial charge is 0.303 e. The van der Waals surface area contributed by atoms with E-state index < -0.39 is 29.8 Å². The first-order chi connectivity index (χ1) is 11.3. The van der Waals surface area contributed by atoms with Crippen molar-refractivity contribution in [3.8, 4) is 5.75 Å². The van der Waals surface area contributed by atoms with Gasteiger partial charge < -0.3 is 20.9 Å². The summed E-state index contributed by atoms with van der Waals surface area (Å²) >= 11 is 0. The van der Waals surface area contributed by atoms with Crippen molar-refractivity contribution < 1.29 is 29.0 Å². The topological polar surface area (TPSA) is 139 Å². The van der Waals surface area contributed by atoms with E-state index in [-0.39, 0.29) is 19.4 Å². The monoisotopic (exact) mass is 335 g/mol. The van der Waals surface area contributed by atoms with Gasteiger partial charge in [0.2, 0.25) is 11.8 Å². The van der Waals surface area contributed by atoms with Gasteiger partial charge in [-0.2, -0.15) is 0 Å². The van der Waals surface area contributed by atoms with E-state index >= 15 is 0 Å². The number of carboxylic acids is 1. The summed E-state index contributed by atoms with van der Waals surface area (Å²) in [6.45, 7) is 1.25. The molecule has 1 heterocycles. The number of nitrogens with one attached hydrogen (secondary N) is 1. The van der Waals surface area contributed by atoms with Crippen LogP contribution in [0.5, 0.6) is 5.75 Å². The highest BCUT2D eigenvalue weighted by Gasteiger charge is 2.32. The van der Waals surface area contributed by atoms with Crippen LogP contribution in [0, 0.1) is 0 Å². The number of aliphatic carboxylic acids is 1. The lowest BCUT2D eigenvalue weighted by Gasteiger charge is -2.32. The first-order valence-corrected chi connectivity index (χ1v) is 7.20. The second-order valence-electron chi connectivity index (χ2n) is 5.28. The molecule has 9 heteroatoms. The van der Waals surface area contributed by atoms with Gasteiger partial charge in [-0.3, -0.25) is 24.1 Å². The maximum Gasteiger partial charge on any atom is 0.303 e. The Morgan fingerprint density at radius 2 is 2.04 bits per heavy atom. The number of fused-ring (bicyclic) bond motifs is 1. The van der Waals surface area contributed by atoms with Gasteiger partial charge in [0.1, 0.15) is 12.3 Å². The Morgan fingerprint density at radius 3 is 2.67 bits per heavy atom. The van der Waals surface area contributed by atoms with E-state index in [1.54, 1.807) is 19.1 Å². The molecule has 128 valence electrons. The molecule has 0 saturated heterocycles. The summed E-state index contributed by atoms with van der Waals surface area (Å²) < 4.78 is 5.46. The molecule has 9 nitrogen and oxygen atoms in total. The lowest BCUT2D eigenvalue weighted by Crippen LogP contribution is -2.47. The predicted octanol–water partition coefficient (Wildman–Crippen LogP) is 0.0891. The van der Waals surface area contributed by atoms with Crippen LogP contribution < -0.4 is 20.7 Å². The van der Waals surface area contributed by atoms with Crippen molar-refractivity contribution in [3.63, 3.8) is 0 Å². The lowest BCUT2D eigenvalue weighted by molar-refractivity contribution is -0.138. The predicted molar refractivity (Wildman–Crippen MR) is 83.6 cm³/mol. The number of benzene rings is 1. The second kappa shape index (κ2) is 6.99. The van der Waals surface area contributed by atoms with Gasteiger partial charge in [-0.1, -0.05) is 0 Å². The number of nitrogens with zero attached hydrogens (tertiary/aromatic N) is 1. The number of carboxylic acid groups (broad SMARTS) is 1. The molecule has 0 fully saturated rings. The molecule has 0 aliphatic carbocycles. The largest absolute Gasteiger partial charge is 0.481 e. The Hall–Kier alpha value is -3.10. The highest BCUT2D eigenvalue weighted by atomic mass is 16.5. The minimum absolute atomic E-state index is 0.177. The van der Waals surface area contributed by atoms with Crippen LogP contribution in [-0.4, -0.2) is 41.4 Å². The molecule has 1 aliphatic heterocycles. The second-order valence-corrected chi connectivity index (χ2v) is 5.28.